The predicted octanol–water partition coefficient (Wildman–Crippen LogP) is 3.30. The minimum Gasteiger partial charge on any atom is -0.543 e. The lowest BCUT2D eigenvalue weighted by atomic mass is 10.0. The number of nitrogens with zero attached hydrogens (tertiary/aromatic N) is 1. The molecule has 2 rings (SSSR count). The zero-order chi connectivity index (χ0) is 15.8. The number of aliphatic hydroxyl groups is 1. The van der Waals surface area contributed by atoms with Crippen LogP contribution in [0.3, 0.4) is 0 Å². The molecule has 0 radical (unpaired) electrons. The second-order valence-electron chi connectivity index (χ2n) is 7.12. The Bertz CT molecular complexity index is 549. The summed E-state index contributed by atoms with van der Waals surface area (Å²) in [6.07, 6.45) is 1.18. The first-order chi connectivity index (χ1) is 9.65. The molecule has 1 aliphatic rings. The number of carbonyl (C=O) groups is 1. The van der Waals surface area contributed by atoms with E-state index >= 15 is 0 Å². The van der Waals surface area contributed by atoms with Crippen LogP contribution >= 0.6 is 0 Å². The molecule has 1 aromatic rings. The fourth-order valence-corrected chi connectivity index (χ4v) is 3.21. The molecule has 116 valence electrons. The van der Waals surface area contributed by atoms with Crippen molar-refractivity contribution in [3.63, 3.8) is 0 Å². The van der Waals surface area contributed by atoms with Gasteiger partial charge in [-0.2, -0.15) is 0 Å². The number of anilines is 1. The van der Waals surface area contributed by atoms with Gasteiger partial charge < -0.3 is 9.53 Å². The van der Waals surface area contributed by atoms with Gasteiger partial charge in [-0.3, -0.25) is 9.69 Å². The van der Waals surface area contributed by atoms with Gasteiger partial charge in [-0.15, -0.1) is 0 Å². The van der Waals surface area contributed by atoms with Gasteiger partial charge in [-0.05, 0) is 36.2 Å². The van der Waals surface area contributed by atoms with Gasteiger partial charge in [0.25, 0.3) is 0 Å². The minimum atomic E-state index is -1.91. The van der Waals surface area contributed by atoms with E-state index in [-0.39, 0.29) is 17.7 Å². The Balaban J connectivity index is 2.33. The zero-order valence-corrected chi connectivity index (χ0v) is 14.6. The van der Waals surface area contributed by atoms with Crippen molar-refractivity contribution in [2.75, 3.05) is 11.6 Å². The molecule has 0 bridgehead atoms. The lowest BCUT2D eigenvalue weighted by Crippen LogP contribution is -2.44. The molecule has 1 heterocycles. The van der Waals surface area contributed by atoms with E-state index in [9.17, 15) is 9.90 Å². The van der Waals surface area contributed by atoms with E-state index in [1.807, 2.05) is 18.2 Å². The van der Waals surface area contributed by atoms with Crippen LogP contribution in [0.4, 0.5) is 5.69 Å². The number of amides is 1. The average Bonchev–Trinajstić information content (AvgIpc) is 2.36. The summed E-state index contributed by atoms with van der Waals surface area (Å²) in [5.74, 6) is 0.753. The van der Waals surface area contributed by atoms with Crippen molar-refractivity contribution >= 4 is 19.9 Å². The number of benzene rings is 1. The van der Waals surface area contributed by atoms with Crippen LogP contribution in [0.25, 0.3) is 0 Å². The molecular formula is C16H25NO3Si. The number of rotatable bonds is 3. The van der Waals surface area contributed by atoms with Crippen molar-refractivity contribution in [3.8, 4) is 5.75 Å². The van der Waals surface area contributed by atoms with Crippen LogP contribution in [-0.4, -0.2) is 26.1 Å². The van der Waals surface area contributed by atoms with Crippen LogP contribution in [-0.2, 0) is 11.2 Å². The largest absolute Gasteiger partial charge is 0.543 e. The number of hydrogen-bond donors (Lipinski definition) is 1. The minimum absolute atomic E-state index is 0.0329. The van der Waals surface area contributed by atoms with Crippen molar-refractivity contribution < 1.29 is 14.3 Å². The lowest BCUT2D eigenvalue weighted by Gasteiger charge is -2.37. The lowest BCUT2D eigenvalue weighted by molar-refractivity contribution is -0.119. The van der Waals surface area contributed by atoms with E-state index in [1.54, 1.807) is 0 Å². The molecule has 0 saturated carbocycles. The molecule has 0 aliphatic carbocycles. The SMILES string of the molecule is CC(C)(C)[Si](C)(C)Oc1ccc2c(c1)N(CO)C(=O)CC2. The number of hydrogen-bond acceptors (Lipinski definition) is 3. The maximum Gasteiger partial charge on any atom is 0.250 e. The highest BCUT2D eigenvalue weighted by Crippen LogP contribution is 2.39. The van der Waals surface area contributed by atoms with Crippen LogP contribution in [0.2, 0.25) is 18.1 Å². The van der Waals surface area contributed by atoms with Gasteiger partial charge in [0.2, 0.25) is 14.2 Å². The molecule has 1 amide bonds. The second kappa shape index (κ2) is 5.46. The quantitative estimate of drug-likeness (QED) is 0.872. The molecule has 0 unspecified atom stereocenters. The Morgan fingerprint density at radius 1 is 1.29 bits per heavy atom. The molecule has 5 heteroatoms. The van der Waals surface area contributed by atoms with Gasteiger partial charge in [0.15, 0.2) is 0 Å². The summed E-state index contributed by atoms with van der Waals surface area (Å²) in [6.45, 7) is 10.7. The summed E-state index contributed by atoms with van der Waals surface area (Å²) in [5.41, 5.74) is 1.87. The van der Waals surface area contributed by atoms with Crippen LogP contribution < -0.4 is 9.33 Å². The molecule has 21 heavy (non-hydrogen) atoms. The summed E-state index contributed by atoms with van der Waals surface area (Å²) >= 11 is 0. The molecule has 1 aromatic carbocycles. The Labute approximate surface area is 127 Å². The topological polar surface area (TPSA) is 49.8 Å². The monoisotopic (exact) mass is 307 g/mol. The number of carbonyl (C=O) groups excluding carboxylic acids is 1. The smallest absolute Gasteiger partial charge is 0.250 e. The predicted molar refractivity (Wildman–Crippen MR) is 87.2 cm³/mol. The maximum absolute atomic E-state index is 11.9. The van der Waals surface area contributed by atoms with E-state index in [4.69, 9.17) is 4.43 Å². The van der Waals surface area contributed by atoms with Crippen molar-refractivity contribution in [1.82, 2.24) is 0 Å². The van der Waals surface area contributed by atoms with Crippen LogP contribution in [0.5, 0.6) is 5.75 Å². The third-order valence-corrected chi connectivity index (χ3v) is 8.94. The van der Waals surface area contributed by atoms with Crippen molar-refractivity contribution in [3.05, 3.63) is 23.8 Å². The van der Waals surface area contributed by atoms with E-state index < -0.39 is 8.32 Å². The zero-order valence-electron chi connectivity index (χ0n) is 13.6. The molecular weight excluding hydrogens is 282 g/mol. The van der Waals surface area contributed by atoms with Crippen molar-refractivity contribution in [2.24, 2.45) is 0 Å². The van der Waals surface area contributed by atoms with Crippen LogP contribution in [0.15, 0.2) is 18.2 Å². The normalized spacial score (nSPS) is 15.9. The van der Waals surface area contributed by atoms with E-state index in [0.29, 0.717) is 6.42 Å². The second-order valence-corrected chi connectivity index (χ2v) is 11.8. The molecule has 0 fully saturated rings. The summed E-state index contributed by atoms with van der Waals surface area (Å²) < 4.78 is 6.28. The Kier molecular flexibility index (Phi) is 4.17. The molecule has 4 nitrogen and oxygen atoms in total. The third-order valence-electron chi connectivity index (χ3n) is 4.58. The first kappa shape index (κ1) is 16.0. The summed E-state index contributed by atoms with van der Waals surface area (Å²) in [5, 5.41) is 9.55. The fraction of sp³-hybridized carbons (Fsp3) is 0.562. The van der Waals surface area contributed by atoms with E-state index in [0.717, 1.165) is 23.4 Å². The molecule has 0 atom stereocenters. The average molecular weight is 307 g/mol. The molecule has 0 spiro atoms. The summed E-state index contributed by atoms with van der Waals surface area (Å²) in [7, 11) is -1.91. The highest BCUT2D eigenvalue weighted by Gasteiger charge is 2.39. The van der Waals surface area contributed by atoms with E-state index in [1.165, 1.54) is 4.90 Å². The Morgan fingerprint density at radius 2 is 1.95 bits per heavy atom. The number of aryl methyl sites for hydroxylation is 1. The van der Waals surface area contributed by atoms with Gasteiger partial charge in [0.1, 0.15) is 12.5 Å². The highest BCUT2D eigenvalue weighted by atomic mass is 28.4. The maximum atomic E-state index is 11.9. The van der Waals surface area contributed by atoms with Crippen LogP contribution in [0.1, 0.15) is 32.8 Å². The number of fused-ring (bicyclic) bond motifs is 1. The van der Waals surface area contributed by atoms with E-state index in [2.05, 4.69) is 33.9 Å². The molecule has 1 N–H and O–H groups in total. The summed E-state index contributed by atoms with van der Waals surface area (Å²) in [6, 6.07) is 5.88. The third kappa shape index (κ3) is 3.14. The number of aliphatic hydroxyl groups excluding tert-OH is 1. The summed E-state index contributed by atoms with van der Waals surface area (Å²) in [4.78, 5) is 13.3. The fourth-order valence-electron chi connectivity index (χ4n) is 2.18. The standard InChI is InChI=1S/C16H25NO3Si/c1-16(2,3)21(4,5)20-13-8-6-12-7-9-15(19)17(11-18)14(12)10-13/h6,8,10,18H,7,9,11H2,1-5H3. The highest BCUT2D eigenvalue weighted by molar-refractivity contribution is 6.74. The van der Waals surface area contributed by atoms with Gasteiger partial charge >= 0.3 is 0 Å². The van der Waals surface area contributed by atoms with Crippen molar-refractivity contribution in [2.45, 2.75) is 51.7 Å². The van der Waals surface area contributed by atoms with Gasteiger partial charge in [0, 0.05) is 12.5 Å². The van der Waals surface area contributed by atoms with Crippen LogP contribution in [0, 0.1) is 0 Å². The van der Waals surface area contributed by atoms with Crippen molar-refractivity contribution in [1.29, 1.82) is 0 Å². The van der Waals surface area contributed by atoms with Gasteiger partial charge in [-0.25, -0.2) is 0 Å². The Morgan fingerprint density at radius 3 is 2.52 bits per heavy atom. The molecule has 0 saturated heterocycles. The molecule has 1 aliphatic heterocycles. The molecule has 0 aromatic heterocycles. The van der Waals surface area contributed by atoms with Gasteiger partial charge in [-0.1, -0.05) is 26.8 Å². The first-order valence-electron chi connectivity index (χ1n) is 7.39. The first-order valence-corrected chi connectivity index (χ1v) is 10.3. The van der Waals surface area contributed by atoms with Gasteiger partial charge in [0.05, 0.1) is 5.69 Å². The Hall–Kier alpha value is -1.33.